The summed E-state index contributed by atoms with van der Waals surface area (Å²) in [6.45, 7) is 7.52. The van der Waals surface area contributed by atoms with Gasteiger partial charge in [0.15, 0.2) is 5.65 Å². The molecule has 0 spiro atoms. The summed E-state index contributed by atoms with van der Waals surface area (Å²) in [6, 6.07) is 4.88. The third kappa shape index (κ3) is 3.76. The summed E-state index contributed by atoms with van der Waals surface area (Å²) in [6.07, 6.45) is 3.06. The molecule has 2 heterocycles. The predicted molar refractivity (Wildman–Crippen MR) is 95.5 cm³/mol. The third-order valence-electron chi connectivity index (χ3n) is 3.50. The Morgan fingerprint density at radius 1 is 1.28 bits per heavy atom. The van der Waals surface area contributed by atoms with E-state index in [-0.39, 0.29) is 17.3 Å². The number of aryl methyl sites for hydroxylation is 1. The summed E-state index contributed by atoms with van der Waals surface area (Å²) in [5.74, 6) is -0.256. The fraction of sp³-hybridized carbons (Fsp3) is 0.278. The monoisotopic (exact) mass is 341 g/mol. The highest BCUT2D eigenvalue weighted by atomic mass is 19.1. The molecule has 2 aromatic heterocycles. The first-order chi connectivity index (χ1) is 11.7. The Morgan fingerprint density at radius 3 is 2.72 bits per heavy atom. The van der Waals surface area contributed by atoms with Crippen LogP contribution in [0.5, 0.6) is 0 Å². The van der Waals surface area contributed by atoms with Crippen LogP contribution in [0.3, 0.4) is 0 Å². The number of aromatic nitrogens is 3. The lowest BCUT2D eigenvalue weighted by molar-refractivity contribution is 0.0921. The Balaban J connectivity index is 1.93. The Bertz CT molecular complexity index is 942. The zero-order valence-electron chi connectivity index (χ0n) is 14.6. The van der Waals surface area contributed by atoms with Crippen molar-refractivity contribution in [3.63, 3.8) is 0 Å². The van der Waals surface area contributed by atoms with Gasteiger partial charge in [-0.25, -0.2) is 14.4 Å². The number of carbonyl (C=O) groups excluding carboxylic acids is 1. The van der Waals surface area contributed by atoms with E-state index >= 15 is 0 Å². The molecular weight excluding hydrogens is 321 g/mol. The van der Waals surface area contributed by atoms with Crippen LogP contribution in [-0.2, 0) is 0 Å². The quantitative estimate of drug-likeness (QED) is 0.679. The maximum absolute atomic E-state index is 14.0. The van der Waals surface area contributed by atoms with Crippen molar-refractivity contribution in [1.82, 2.24) is 20.3 Å². The lowest BCUT2D eigenvalue weighted by Crippen LogP contribution is -2.40. The van der Waals surface area contributed by atoms with Gasteiger partial charge in [0.05, 0.1) is 17.4 Å². The predicted octanol–water partition coefficient (Wildman–Crippen LogP) is 3.68. The molecule has 0 saturated heterocycles. The van der Waals surface area contributed by atoms with E-state index < -0.39 is 0 Å². The van der Waals surface area contributed by atoms with Crippen molar-refractivity contribution in [3.8, 4) is 0 Å². The number of amides is 1. The Kier molecular flexibility index (Phi) is 4.16. The van der Waals surface area contributed by atoms with E-state index in [1.54, 1.807) is 18.3 Å². The molecule has 0 aliphatic carbocycles. The number of aromatic amines is 1. The number of H-pyrrole nitrogens is 1. The largest absolute Gasteiger partial charge is 0.347 e. The molecule has 1 amide bonds. The summed E-state index contributed by atoms with van der Waals surface area (Å²) in [7, 11) is 0. The minimum absolute atomic E-state index is 0.244. The summed E-state index contributed by atoms with van der Waals surface area (Å²) < 4.78 is 14.0. The average molecular weight is 341 g/mol. The average Bonchev–Trinajstić information content (AvgIpc) is 2.91. The molecule has 25 heavy (non-hydrogen) atoms. The van der Waals surface area contributed by atoms with Gasteiger partial charge in [-0.15, -0.1) is 0 Å². The van der Waals surface area contributed by atoms with E-state index in [0.29, 0.717) is 28.2 Å². The van der Waals surface area contributed by atoms with Gasteiger partial charge in [-0.05, 0) is 45.4 Å². The van der Waals surface area contributed by atoms with Crippen LogP contribution in [0.1, 0.15) is 36.7 Å². The molecule has 0 aliphatic rings. The van der Waals surface area contributed by atoms with Crippen LogP contribution >= 0.6 is 0 Å². The van der Waals surface area contributed by atoms with Crippen LogP contribution < -0.4 is 10.6 Å². The van der Waals surface area contributed by atoms with E-state index in [2.05, 4.69) is 25.6 Å². The third-order valence-corrected chi connectivity index (χ3v) is 3.50. The molecule has 0 bridgehead atoms. The number of carbonyl (C=O) groups is 1. The molecule has 0 radical (unpaired) electrons. The number of halogens is 1. The number of anilines is 2. The van der Waals surface area contributed by atoms with Gasteiger partial charge in [0.2, 0.25) is 0 Å². The second-order valence-electron chi connectivity index (χ2n) is 6.97. The molecule has 3 aromatic rings. The lowest BCUT2D eigenvalue weighted by atomic mass is 10.1. The summed E-state index contributed by atoms with van der Waals surface area (Å²) in [5.41, 5.74) is 2.08. The molecule has 0 fully saturated rings. The van der Waals surface area contributed by atoms with Gasteiger partial charge < -0.3 is 15.6 Å². The molecule has 3 N–H and O–H groups in total. The normalized spacial score (nSPS) is 11.6. The number of hydrogen-bond acceptors (Lipinski definition) is 4. The van der Waals surface area contributed by atoms with Crippen LogP contribution in [0.4, 0.5) is 15.9 Å². The second kappa shape index (κ2) is 6.16. The molecular formula is C18H20FN5O. The molecule has 1 aromatic carbocycles. The van der Waals surface area contributed by atoms with Gasteiger partial charge in [-0.2, -0.15) is 0 Å². The summed E-state index contributed by atoms with van der Waals surface area (Å²) in [5, 5.41) is 5.79. The number of nitrogens with zero attached hydrogens (tertiary/aromatic N) is 2. The highest BCUT2D eigenvalue weighted by Gasteiger charge is 2.20. The standard InChI is InChI=1S/C18H20FN5O/c1-10-5-6-13(12(19)7-10)22-14-9-21-16-15(23-14)11(8-20-16)17(25)24-18(2,3)4/h5-9H,1-4H3,(H,20,21)(H,22,23)(H,24,25). The van der Waals surface area contributed by atoms with Gasteiger partial charge in [0.25, 0.3) is 5.91 Å². The SMILES string of the molecule is Cc1ccc(Nc2cnc3[nH]cc(C(=O)NC(C)(C)C)c3n2)c(F)c1. The van der Waals surface area contributed by atoms with Crippen molar-refractivity contribution in [2.24, 2.45) is 0 Å². The van der Waals surface area contributed by atoms with Gasteiger partial charge in [0, 0.05) is 11.7 Å². The van der Waals surface area contributed by atoms with Crippen molar-refractivity contribution < 1.29 is 9.18 Å². The minimum Gasteiger partial charge on any atom is -0.347 e. The van der Waals surface area contributed by atoms with Crippen LogP contribution in [0.25, 0.3) is 11.2 Å². The van der Waals surface area contributed by atoms with Crippen molar-refractivity contribution >= 4 is 28.6 Å². The zero-order chi connectivity index (χ0) is 18.2. The molecule has 0 aliphatic heterocycles. The fourth-order valence-corrected chi connectivity index (χ4v) is 2.39. The first-order valence-electron chi connectivity index (χ1n) is 7.93. The van der Waals surface area contributed by atoms with Crippen LogP contribution in [-0.4, -0.2) is 26.4 Å². The van der Waals surface area contributed by atoms with Gasteiger partial charge in [-0.3, -0.25) is 4.79 Å². The first-order valence-corrected chi connectivity index (χ1v) is 7.93. The molecule has 0 saturated carbocycles. The van der Waals surface area contributed by atoms with Crippen LogP contribution in [0, 0.1) is 12.7 Å². The summed E-state index contributed by atoms with van der Waals surface area (Å²) in [4.78, 5) is 24.0. The highest BCUT2D eigenvalue weighted by molar-refractivity contribution is 6.04. The first kappa shape index (κ1) is 16.9. The van der Waals surface area contributed by atoms with E-state index in [0.717, 1.165) is 5.56 Å². The Labute approximate surface area is 144 Å². The number of hydrogen-bond donors (Lipinski definition) is 3. The molecule has 0 atom stereocenters. The van der Waals surface area contributed by atoms with Crippen molar-refractivity contribution in [2.45, 2.75) is 33.2 Å². The molecule has 130 valence electrons. The van der Waals surface area contributed by atoms with Gasteiger partial charge >= 0.3 is 0 Å². The Morgan fingerprint density at radius 2 is 2.04 bits per heavy atom. The number of rotatable bonds is 3. The van der Waals surface area contributed by atoms with E-state index in [1.807, 2.05) is 27.7 Å². The van der Waals surface area contributed by atoms with E-state index in [1.165, 1.54) is 12.3 Å². The lowest BCUT2D eigenvalue weighted by Gasteiger charge is -2.20. The zero-order valence-corrected chi connectivity index (χ0v) is 14.6. The Hall–Kier alpha value is -2.96. The van der Waals surface area contributed by atoms with E-state index in [4.69, 9.17) is 0 Å². The smallest absolute Gasteiger partial charge is 0.255 e. The fourth-order valence-electron chi connectivity index (χ4n) is 2.39. The second-order valence-corrected chi connectivity index (χ2v) is 6.97. The highest BCUT2D eigenvalue weighted by Crippen LogP contribution is 2.22. The maximum atomic E-state index is 14.0. The van der Waals surface area contributed by atoms with Crippen molar-refractivity contribution in [2.75, 3.05) is 5.32 Å². The van der Waals surface area contributed by atoms with Crippen LogP contribution in [0.15, 0.2) is 30.6 Å². The van der Waals surface area contributed by atoms with E-state index in [9.17, 15) is 9.18 Å². The number of benzene rings is 1. The van der Waals surface area contributed by atoms with Crippen molar-refractivity contribution in [1.29, 1.82) is 0 Å². The molecule has 3 rings (SSSR count). The number of nitrogens with one attached hydrogen (secondary N) is 3. The van der Waals surface area contributed by atoms with Crippen LogP contribution in [0.2, 0.25) is 0 Å². The molecule has 7 heteroatoms. The topological polar surface area (TPSA) is 82.7 Å². The van der Waals surface area contributed by atoms with Gasteiger partial charge in [0.1, 0.15) is 17.2 Å². The summed E-state index contributed by atoms with van der Waals surface area (Å²) >= 11 is 0. The minimum atomic E-state index is -0.373. The van der Waals surface area contributed by atoms with Crippen molar-refractivity contribution in [3.05, 3.63) is 47.5 Å². The molecule has 0 unspecified atom stereocenters. The van der Waals surface area contributed by atoms with Gasteiger partial charge in [-0.1, -0.05) is 6.07 Å². The number of fused-ring (bicyclic) bond motifs is 1. The molecule has 6 nitrogen and oxygen atoms in total. The maximum Gasteiger partial charge on any atom is 0.255 e.